The largest absolute Gasteiger partial charge is 0.573 e. The lowest BCUT2D eigenvalue weighted by Gasteiger charge is -2.51. The molecule has 0 heterocycles. The van der Waals surface area contributed by atoms with Gasteiger partial charge < -0.3 is 19.5 Å². The van der Waals surface area contributed by atoms with Crippen LogP contribution < -0.4 is 10.1 Å². The average Bonchev–Trinajstić information content (AvgIpc) is 2.82. The quantitative estimate of drug-likeness (QED) is 0.440. The number of rotatable bonds is 6. The molecule has 37 heavy (non-hydrogen) atoms. The first-order valence-corrected chi connectivity index (χ1v) is 12.1. The van der Waals surface area contributed by atoms with E-state index in [0.717, 1.165) is 5.56 Å². The van der Waals surface area contributed by atoms with Crippen LogP contribution in [0.2, 0.25) is 0 Å². The number of carbonyl (C=O) groups excluding carboxylic acids is 2. The Morgan fingerprint density at radius 3 is 2.16 bits per heavy atom. The molecule has 0 unspecified atom stereocenters. The molecule has 0 atom stereocenters. The summed E-state index contributed by atoms with van der Waals surface area (Å²) in [6.45, 7) is 5.33. The summed E-state index contributed by atoms with van der Waals surface area (Å²) >= 11 is 0. The molecule has 0 spiro atoms. The van der Waals surface area contributed by atoms with Crippen LogP contribution in [0.15, 0.2) is 60.7 Å². The minimum atomic E-state index is -4.91. The smallest absolute Gasteiger partial charge is 0.459 e. The highest BCUT2D eigenvalue weighted by molar-refractivity contribution is 5.90. The fourth-order valence-electron chi connectivity index (χ4n) is 4.98. The van der Waals surface area contributed by atoms with E-state index >= 15 is 0 Å². The molecule has 1 amide bonds. The predicted molar refractivity (Wildman–Crippen MR) is 130 cm³/mol. The lowest BCUT2D eigenvalue weighted by molar-refractivity contribution is -0.274. The molecule has 1 fully saturated rings. The maximum absolute atomic E-state index is 13.3. The Morgan fingerprint density at radius 2 is 1.54 bits per heavy atom. The Bertz CT molecular complexity index is 1180. The molecule has 0 aliphatic heterocycles. The minimum absolute atomic E-state index is 0.0391. The first kappa shape index (κ1) is 26.6. The topological polar surface area (TPSA) is 73.9 Å². The van der Waals surface area contributed by atoms with E-state index in [1.54, 1.807) is 32.9 Å². The number of halogens is 3. The maximum Gasteiger partial charge on any atom is 0.573 e. The monoisotopic (exact) mass is 517 g/mol. The highest BCUT2D eigenvalue weighted by Crippen LogP contribution is 2.56. The molecular weight excluding hydrogens is 487 g/mol. The fraction of sp³-hybridized carbons (Fsp3) is 0.429. The summed E-state index contributed by atoms with van der Waals surface area (Å²) in [7, 11) is 0. The summed E-state index contributed by atoms with van der Waals surface area (Å²) in [5, 5.41) is 2.91. The van der Waals surface area contributed by atoms with Gasteiger partial charge in [0.1, 0.15) is 18.0 Å². The average molecular weight is 518 g/mol. The van der Waals surface area contributed by atoms with Crippen LogP contribution in [-0.2, 0) is 20.9 Å². The predicted octanol–water partition coefficient (Wildman–Crippen LogP) is 6.55. The maximum atomic E-state index is 13.3. The molecule has 2 bridgehead atoms. The number of alkyl halides is 3. The second kappa shape index (κ2) is 9.76. The summed E-state index contributed by atoms with van der Waals surface area (Å²) < 4.78 is 55.1. The Hall–Kier alpha value is -3.49. The van der Waals surface area contributed by atoms with Crippen LogP contribution in [0, 0.1) is 5.41 Å². The third kappa shape index (κ3) is 6.09. The van der Waals surface area contributed by atoms with Crippen LogP contribution >= 0.6 is 0 Å². The SMILES string of the molecule is CC(C)(C)OC(=O)C12C=C(c3ccccc3OC(F)(F)F)C(NC(=O)OCc3ccccc3)(CC1)CC2. The second-order valence-corrected chi connectivity index (χ2v) is 10.5. The van der Waals surface area contributed by atoms with E-state index in [0.29, 0.717) is 31.3 Å². The zero-order valence-corrected chi connectivity index (χ0v) is 21.0. The molecule has 2 aromatic carbocycles. The van der Waals surface area contributed by atoms with Gasteiger partial charge in [-0.2, -0.15) is 0 Å². The van der Waals surface area contributed by atoms with E-state index in [1.807, 2.05) is 30.3 Å². The molecule has 1 N–H and O–H groups in total. The number of benzene rings is 2. The first-order valence-electron chi connectivity index (χ1n) is 12.1. The molecule has 6 nitrogen and oxygen atoms in total. The van der Waals surface area contributed by atoms with E-state index in [-0.39, 0.29) is 12.2 Å². The Morgan fingerprint density at radius 1 is 0.919 bits per heavy atom. The van der Waals surface area contributed by atoms with Crippen molar-refractivity contribution in [2.75, 3.05) is 0 Å². The van der Waals surface area contributed by atoms with E-state index < -0.39 is 40.7 Å². The van der Waals surface area contributed by atoms with Crippen LogP contribution in [-0.4, -0.2) is 29.6 Å². The van der Waals surface area contributed by atoms with E-state index in [1.165, 1.54) is 18.2 Å². The number of hydrogen-bond acceptors (Lipinski definition) is 5. The van der Waals surface area contributed by atoms with Gasteiger partial charge in [-0.15, -0.1) is 13.2 Å². The number of carbonyl (C=O) groups is 2. The third-order valence-corrected chi connectivity index (χ3v) is 6.69. The van der Waals surface area contributed by atoms with E-state index in [2.05, 4.69) is 10.1 Å². The van der Waals surface area contributed by atoms with Gasteiger partial charge in [-0.25, -0.2) is 4.79 Å². The summed E-state index contributed by atoms with van der Waals surface area (Å²) in [5.74, 6) is -0.848. The number of fused-ring (bicyclic) bond motifs is 2. The van der Waals surface area contributed by atoms with Gasteiger partial charge >= 0.3 is 18.4 Å². The number of hydrogen-bond donors (Lipinski definition) is 1. The Labute approximate surface area is 213 Å². The molecule has 1 saturated carbocycles. The van der Waals surface area contributed by atoms with Gasteiger partial charge in [-0.1, -0.05) is 54.6 Å². The molecule has 3 aliphatic rings. The summed E-state index contributed by atoms with van der Waals surface area (Å²) in [6, 6.07) is 14.9. The van der Waals surface area contributed by atoms with Crippen LogP contribution in [0.1, 0.15) is 57.6 Å². The van der Waals surface area contributed by atoms with Gasteiger partial charge in [0, 0.05) is 5.56 Å². The number of para-hydroxylation sites is 1. The van der Waals surface area contributed by atoms with Crippen molar-refractivity contribution in [2.45, 2.75) is 70.6 Å². The van der Waals surface area contributed by atoms with Gasteiger partial charge in [0.05, 0.1) is 11.0 Å². The molecule has 0 radical (unpaired) electrons. The number of amides is 1. The van der Waals surface area contributed by atoms with Crippen LogP contribution in [0.4, 0.5) is 18.0 Å². The lowest BCUT2D eigenvalue weighted by atomic mass is 9.57. The Kier molecular flexibility index (Phi) is 7.01. The molecule has 0 aromatic heterocycles. The molecule has 0 saturated heterocycles. The second-order valence-electron chi connectivity index (χ2n) is 10.5. The molecule has 5 rings (SSSR count). The molecular formula is C28H30F3NO5. The normalized spacial score (nSPS) is 23.1. The van der Waals surface area contributed by atoms with Crippen molar-refractivity contribution >= 4 is 17.6 Å². The molecule has 2 aromatic rings. The zero-order chi connectivity index (χ0) is 26.9. The van der Waals surface area contributed by atoms with Crippen molar-refractivity contribution in [1.29, 1.82) is 0 Å². The summed E-state index contributed by atoms with van der Waals surface area (Å²) in [4.78, 5) is 26.2. The van der Waals surface area contributed by atoms with Crippen molar-refractivity contribution in [2.24, 2.45) is 5.41 Å². The highest BCUT2D eigenvalue weighted by atomic mass is 19.4. The molecule has 9 heteroatoms. The lowest BCUT2D eigenvalue weighted by Crippen LogP contribution is -2.58. The first-order chi connectivity index (χ1) is 17.3. The number of ether oxygens (including phenoxy) is 3. The standard InChI is InChI=1S/C28H30F3NO5/c1-25(2,3)37-23(33)26-13-15-27(16-14-26,32-24(34)35-18-19-9-5-4-6-10-19)21(17-26)20-11-7-8-12-22(20)36-28(29,30)31/h4-12,17H,13-16,18H2,1-3H3,(H,32,34). The van der Waals surface area contributed by atoms with Gasteiger partial charge in [0.25, 0.3) is 0 Å². The van der Waals surface area contributed by atoms with Gasteiger partial charge in [0.2, 0.25) is 0 Å². The minimum Gasteiger partial charge on any atom is -0.459 e. The molecule has 3 aliphatic carbocycles. The van der Waals surface area contributed by atoms with Gasteiger partial charge in [-0.05, 0) is 63.7 Å². The summed E-state index contributed by atoms with van der Waals surface area (Å²) in [6.07, 6.45) is -2.58. The number of esters is 1. The van der Waals surface area contributed by atoms with E-state index in [9.17, 15) is 22.8 Å². The van der Waals surface area contributed by atoms with Crippen molar-refractivity contribution in [3.8, 4) is 5.75 Å². The van der Waals surface area contributed by atoms with Gasteiger partial charge in [-0.3, -0.25) is 4.79 Å². The summed E-state index contributed by atoms with van der Waals surface area (Å²) in [5.41, 5.74) is -1.47. The Balaban J connectivity index is 1.70. The van der Waals surface area contributed by atoms with Gasteiger partial charge in [0.15, 0.2) is 0 Å². The highest BCUT2D eigenvalue weighted by Gasteiger charge is 2.55. The third-order valence-electron chi connectivity index (χ3n) is 6.69. The van der Waals surface area contributed by atoms with Crippen LogP contribution in [0.3, 0.4) is 0 Å². The van der Waals surface area contributed by atoms with Crippen molar-refractivity contribution in [3.05, 3.63) is 71.8 Å². The van der Waals surface area contributed by atoms with E-state index in [4.69, 9.17) is 9.47 Å². The molecule has 198 valence electrons. The fourth-order valence-corrected chi connectivity index (χ4v) is 4.98. The zero-order valence-electron chi connectivity index (χ0n) is 21.0. The number of nitrogens with one attached hydrogen (secondary N) is 1. The number of alkyl carbamates (subject to hydrolysis) is 1. The van der Waals surface area contributed by atoms with Crippen LogP contribution in [0.5, 0.6) is 5.75 Å². The van der Waals surface area contributed by atoms with Crippen LogP contribution in [0.25, 0.3) is 5.57 Å². The van der Waals surface area contributed by atoms with Crippen molar-refractivity contribution in [1.82, 2.24) is 5.32 Å². The van der Waals surface area contributed by atoms with Crippen molar-refractivity contribution < 1.29 is 37.0 Å². The van der Waals surface area contributed by atoms with Crippen molar-refractivity contribution in [3.63, 3.8) is 0 Å².